The minimum atomic E-state index is -0.777. The van der Waals surface area contributed by atoms with Crippen molar-refractivity contribution >= 4 is 12.0 Å². The third-order valence-corrected chi connectivity index (χ3v) is 4.41. The number of carbonyl (C=O) groups is 2. The standard InChI is InChI=1S/C13H22N2O3/c1-10-3-7-15(8-4-10)12(18)14-9-13(11(16)17)5-2-6-13/h10H,2-9H2,1H3,(H,14,18)(H,16,17). The monoisotopic (exact) mass is 254 g/mol. The first kappa shape index (κ1) is 13.2. The Labute approximate surface area is 108 Å². The molecule has 2 N–H and O–H groups in total. The van der Waals surface area contributed by atoms with Crippen LogP contribution in [0.5, 0.6) is 0 Å². The summed E-state index contributed by atoms with van der Waals surface area (Å²) in [5, 5.41) is 12.0. The first-order chi connectivity index (χ1) is 8.53. The number of amides is 2. The molecule has 2 amide bonds. The zero-order chi connectivity index (χ0) is 13.2. The van der Waals surface area contributed by atoms with Gasteiger partial charge in [0.25, 0.3) is 0 Å². The van der Waals surface area contributed by atoms with Crippen LogP contribution in [0.25, 0.3) is 0 Å². The predicted octanol–water partition coefficient (Wildman–Crippen LogP) is 1.68. The van der Waals surface area contributed by atoms with Crippen molar-refractivity contribution in [1.29, 1.82) is 0 Å². The molecule has 18 heavy (non-hydrogen) atoms. The molecule has 1 heterocycles. The molecule has 2 aliphatic rings. The number of nitrogens with zero attached hydrogens (tertiary/aromatic N) is 1. The Hall–Kier alpha value is -1.26. The number of rotatable bonds is 3. The molecule has 1 aliphatic carbocycles. The van der Waals surface area contributed by atoms with E-state index in [1.165, 1.54) is 0 Å². The number of urea groups is 1. The molecule has 1 aliphatic heterocycles. The van der Waals surface area contributed by atoms with Crippen molar-refractivity contribution in [3.05, 3.63) is 0 Å². The molecular formula is C13H22N2O3. The van der Waals surface area contributed by atoms with Crippen molar-refractivity contribution in [2.75, 3.05) is 19.6 Å². The van der Waals surface area contributed by atoms with Crippen molar-refractivity contribution in [3.8, 4) is 0 Å². The van der Waals surface area contributed by atoms with Gasteiger partial charge in [0.1, 0.15) is 0 Å². The summed E-state index contributed by atoms with van der Waals surface area (Å²) >= 11 is 0. The van der Waals surface area contributed by atoms with Crippen molar-refractivity contribution in [3.63, 3.8) is 0 Å². The number of hydrogen-bond acceptors (Lipinski definition) is 2. The maximum Gasteiger partial charge on any atom is 0.317 e. The summed E-state index contributed by atoms with van der Waals surface area (Å²) in [5.74, 6) is -0.0904. The normalized spacial score (nSPS) is 23.3. The first-order valence-corrected chi connectivity index (χ1v) is 6.80. The largest absolute Gasteiger partial charge is 0.481 e. The molecule has 5 heteroatoms. The molecular weight excluding hydrogens is 232 g/mol. The Morgan fingerprint density at radius 2 is 1.94 bits per heavy atom. The van der Waals surface area contributed by atoms with E-state index in [1.54, 1.807) is 4.90 Å². The van der Waals surface area contributed by atoms with Crippen LogP contribution in [0.3, 0.4) is 0 Å². The van der Waals surface area contributed by atoms with Crippen LogP contribution in [0.2, 0.25) is 0 Å². The van der Waals surface area contributed by atoms with Crippen molar-refractivity contribution in [2.24, 2.45) is 11.3 Å². The van der Waals surface area contributed by atoms with Gasteiger partial charge in [-0.2, -0.15) is 0 Å². The summed E-state index contributed by atoms with van der Waals surface area (Å²) in [4.78, 5) is 24.9. The topological polar surface area (TPSA) is 69.6 Å². The molecule has 0 atom stereocenters. The second-order valence-electron chi connectivity index (χ2n) is 5.77. The highest BCUT2D eigenvalue weighted by molar-refractivity contribution is 5.79. The van der Waals surface area contributed by atoms with E-state index in [4.69, 9.17) is 0 Å². The van der Waals surface area contributed by atoms with E-state index in [0.29, 0.717) is 18.8 Å². The molecule has 0 aromatic carbocycles. The Kier molecular flexibility index (Phi) is 3.78. The average molecular weight is 254 g/mol. The van der Waals surface area contributed by atoms with Gasteiger partial charge in [0.05, 0.1) is 5.41 Å². The third-order valence-electron chi connectivity index (χ3n) is 4.41. The molecule has 0 bridgehead atoms. The second kappa shape index (κ2) is 5.16. The Balaban J connectivity index is 1.79. The number of likely N-dealkylation sites (tertiary alicyclic amines) is 1. The predicted molar refractivity (Wildman–Crippen MR) is 67.3 cm³/mol. The van der Waals surface area contributed by atoms with E-state index in [1.807, 2.05) is 0 Å². The van der Waals surface area contributed by atoms with Crippen molar-refractivity contribution in [1.82, 2.24) is 10.2 Å². The van der Waals surface area contributed by atoms with E-state index < -0.39 is 11.4 Å². The fraction of sp³-hybridized carbons (Fsp3) is 0.846. The van der Waals surface area contributed by atoms with Crippen LogP contribution in [-0.4, -0.2) is 41.6 Å². The Morgan fingerprint density at radius 1 is 1.33 bits per heavy atom. The van der Waals surface area contributed by atoms with E-state index in [9.17, 15) is 14.7 Å². The quantitative estimate of drug-likeness (QED) is 0.805. The van der Waals surface area contributed by atoms with Gasteiger partial charge < -0.3 is 15.3 Å². The lowest BCUT2D eigenvalue weighted by atomic mass is 9.69. The minimum absolute atomic E-state index is 0.102. The van der Waals surface area contributed by atoms with E-state index in [2.05, 4.69) is 12.2 Å². The highest BCUT2D eigenvalue weighted by atomic mass is 16.4. The fourth-order valence-corrected chi connectivity index (χ4v) is 2.64. The average Bonchev–Trinajstić information content (AvgIpc) is 2.27. The molecule has 0 spiro atoms. The lowest BCUT2D eigenvalue weighted by molar-refractivity contribution is -0.153. The number of nitrogens with one attached hydrogen (secondary N) is 1. The van der Waals surface area contributed by atoms with E-state index >= 15 is 0 Å². The minimum Gasteiger partial charge on any atom is -0.481 e. The van der Waals surface area contributed by atoms with Crippen molar-refractivity contribution in [2.45, 2.75) is 39.0 Å². The number of carboxylic acids is 1. The number of carboxylic acid groups (broad SMARTS) is 1. The van der Waals surface area contributed by atoms with E-state index in [0.717, 1.165) is 32.4 Å². The van der Waals surface area contributed by atoms with Crippen LogP contribution in [0.15, 0.2) is 0 Å². The van der Waals surface area contributed by atoms with Crippen molar-refractivity contribution < 1.29 is 14.7 Å². The summed E-state index contributed by atoms with van der Waals surface area (Å²) in [5.41, 5.74) is -0.696. The van der Waals surface area contributed by atoms with Crippen LogP contribution in [0.4, 0.5) is 4.79 Å². The van der Waals surface area contributed by atoms with Gasteiger partial charge in [0, 0.05) is 19.6 Å². The van der Waals surface area contributed by atoms with Crippen LogP contribution in [-0.2, 0) is 4.79 Å². The zero-order valence-electron chi connectivity index (χ0n) is 10.9. The first-order valence-electron chi connectivity index (χ1n) is 6.80. The number of piperidine rings is 1. The van der Waals surface area contributed by atoms with Gasteiger partial charge >= 0.3 is 12.0 Å². The summed E-state index contributed by atoms with van der Waals surface area (Å²) < 4.78 is 0. The van der Waals surface area contributed by atoms with Gasteiger partial charge in [0.2, 0.25) is 0 Å². The maximum atomic E-state index is 11.9. The lowest BCUT2D eigenvalue weighted by Gasteiger charge is -2.38. The molecule has 0 unspecified atom stereocenters. The van der Waals surface area contributed by atoms with Gasteiger partial charge in [-0.1, -0.05) is 13.3 Å². The summed E-state index contributed by atoms with van der Waals surface area (Å²) in [6.45, 7) is 4.04. The summed E-state index contributed by atoms with van der Waals surface area (Å²) in [6.07, 6.45) is 4.39. The molecule has 2 fully saturated rings. The second-order valence-corrected chi connectivity index (χ2v) is 5.77. The number of aliphatic carboxylic acids is 1. The SMILES string of the molecule is CC1CCN(C(=O)NCC2(C(=O)O)CCC2)CC1. The highest BCUT2D eigenvalue weighted by Crippen LogP contribution is 2.40. The van der Waals surface area contributed by atoms with Crippen LogP contribution >= 0.6 is 0 Å². The highest BCUT2D eigenvalue weighted by Gasteiger charge is 2.44. The van der Waals surface area contributed by atoms with Gasteiger partial charge in [0.15, 0.2) is 0 Å². The molecule has 1 saturated heterocycles. The van der Waals surface area contributed by atoms with Crippen LogP contribution < -0.4 is 5.32 Å². The smallest absolute Gasteiger partial charge is 0.317 e. The van der Waals surface area contributed by atoms with Gasteiger partial charge in [-0.3, -0.25) is 4.79 Å². The van der Waals surface area contributed by atoms with Gasteiger partial charge in [-0.05, 0) is 31.6 Å². The molecule has 1 saturated carbocycles. The Bertz CT molecular complexity index is 331. The third kappa shape index (κ3) is 2.60. The molecule has 102 valence electrons. The van der Waals surface area contributed by atoms with Gasteiger partial charge in [-0.15, -0.1) is 0 Å². The van der Waals surface area contributed by atoms with Crippen LogP contribution in [0.1, 0.15) is 39.0 Å². The molecule has 2 rings (SSSR count). The molecule has 0 aromatic heterocycles. The number of hydrogen-bond donors (Lipinski definition) is 2. The molecule has 0 aromatic rings. The fourth-order valence-electron chi connectivity index (χ4n) is 2.64. The van der Waals surface area contributed by atoms with Crippen LogP contribution in [0, 0.1) is 11.3 Å². The molecule has 0 radical (unpaired) electrons. The summed E-state index contributed by atoms with van der Waals surface area (Å²) in [6, 6.07) is -0.102. The summed E-state index contributed by atoms with van der Waals surface area (Å²) in [7, 11) is 0. The van der Waals surface area contributed by atoms with Gasteiger partial charge in [-0.25, -0.2) is 4.79 Å². The Morgan fingerprint density at radius 3 is 2.39 bits per heavy atom. The van der Waals surface area contributed by atoms with E-state index in [-0.39, 0.29) is 12.6 Å². The maximum absolute atomic E-state index is 11.9. The zero-order valence-corrected chi connectivity index (χ0v) is 10.9. The molecule has 5 nitrogen and oxygen atoms in total. The lowest BCUT2D eigenvalue weighted by Crippen LogP contribution is -2.51. The number of carbonyl (C=O) groups excluding carboxylic acids is 1.